The minimum absolute atomic E-state index is 0. The second-order valence-electron chi connectivity index (χ2n) is 7.84. The van der Waals surface area contributed by atoms with Crippen LogP contribution in [-0.2, 0) is 11.3 Å². The Morgan fingerprint density at radius 2 is 2.12 bits per heavy atom. The number of nitrogens with one attached hydrogen (secondary N) is 1. The number of ether oxygens (including phenoxy) is 1. The van der Waals surface area contributed by atoms with E-state index >= 15 is 0 Å². The number of alkyl carbamates (subject to hydrolysis) is 1. The van der Waals surface area contributed by atoms with Crippen molar-refractivity contribution in [2.24, 2.45) is 0 Å². The average Bonchev–Trinajstić information content (AvgIpc) is 2.44. The Labute approximate surface area is 166 Å². The summed E-state index contributed by atoms with van der Waals surface area (Å²) in [5, 5.41) is 13.9. The van der Waals surface area contributed by atoms with Gasteiger partial charge in [-0.2, -0.15) is 0 Å². The Balaban J connectivity index is 0.00000338. The van der Waals surface area contributed by atoms with Gasteiger partial charge in [-0.3, -0.25) is 9.88 Å². The second kappa shape index (κ2) is 8.89. The molecule has 1 saturated heterocycles. The zero-order chi connectivity index (χ0) is 18.7. The molecule has 1 aliphatic heterocycles. The molecule has 0 spiro atoms. The molecule has 2 heterocycles. The number of carboxylic acids is 1. The molecule has 1 aliphatic rings. The van der Waals surface area contributed by atoms with E-state index in [1.54, 1.807) is 6.07 Å². The molecule has 1 aromatic heterocycles. The maximum absolute atomic E-state index is 12.1. The van der Waals surface area contributed by atoms with Crippen LogP contribution < -0.4 is 29.3 Å². The van der Waals surface area contributed by atoms with Gasteiger partial charge in [-0.05, 0) is 64.8 Å². The minimum atomic E-state index is -1.28. The number of nitrogens with zero attached hydrogens (tertiary/aromatic N) is 2. The quantitative estimate of drug-likeness (QED) is 0.649. The molecule has 7 nitrogen and oxygen atoms in total. The molecule has 0 radical (unpaired) electrons. The van der Waals surface area contributed by atoms with E-state index in [0.717, 1.165) is 24.9 Å². The number of likely N-dealkylation sites (tertiary alicyclic amines) is 1. The molecular formula is C18H26LiN3O4. The van der Waals surface area contributed by atoms with Crippen LogP contribution in [0.1, 0.15) is 56.6 Å². The Morgan fingerprint density at radius 3 is 2.73 bits per heavy atom. The summed E-state index contributed by atoms with van der Waals surface area (Å²) in [6, 6.07) is 3.32. The van der Waals surface area contributed by atoms with E-state index in [1.165, 1.54) is 12.3 Å². The van der Waals surface area contributed by atoms with Gasteiger partial charge in [0.25, 0.3) is 0 Å². The van der Waals surface area contributed by atoms with Crippen LogP contribution in [0.5, 0.6) is 0 Å². The van der Waals surface area contributed by atoms with E-state index in [4.69, 9.17) is 4.74 Å². The number of carbonyl (C=O) groups is 2. The van der Waals surface area contributed by atoms with Crippen molar-refractivity contribution >= 4 is 12.1 Å². The molecule has 1 N–H and O–H groups in total. The molecule has 1 fully saturated rings. The molecule has 1 amide bonds. The molecule has 8 heteroatoms. The predicted molar refractivity (Wildman–Crippen MR) is 90.9 cm³/mol. The van der Waals surface area contributed by atoms with Gasteiger partial charge >= 0.3 is 25.0 Å². The number of piperidine rings is 1. The fourth-order valence-corrected chi connectivity index (χ4v) is 3.07. The van der Waals surface area contributed by atoms with Crippen molar-refractivity contribution in [2.75, 3.05) is 13.1 Å². The molecule has 0 aliphatic carbocycles. The summed E-state index contributed by atoms with van der Waals surface area (Å²) in [6.45, 7) is 9.64. The number of aromatic nitrogens is 1. The van der Waals surface area contributed by atoms with Crippen molar-refractivity contribution in [3.05, 3.63) is 29.6 Å². The molecule has 1 aromatic rings. The van der Waals surface area contributed by atoms with Crippen LogP contribution in [0.15, 0.2) is 18.3 Å². The van der Waals surface area contributed by atoms with Gasteiger partial charge in [-0.25, -0.2) is 4.79 Å². The Bertz CT molecular complexity index is 648. The van der Waals surface area contributed by atoms with Gasteiger partial charge in [0.15, 0.2) is 0 Å². The zero-order valence-electron chi connectivity index (χ0n) is 16.3. The van der Waals surface area contributed by atoms with E-state index in [9.17, 15) is 14.7 Å². The largest absolute Gasteiger partial charge is 1.00 e. The van der Waals surface area contributed by atoms with Crippen LogP contribution in [0.4, 0.5) is 4.79 Å². The molecule has 2 rings (SSSR count). The van der Waals surface area contributed by atoms with Gasteiger partial charge in [-0.15, -0.1) is 0 Å². The fraction of sp³-hybridized carbons (Fsp3) is 0.611. The Hall–Kier alpha value is -1.55. The Morgan fingerprint density at radius 1 is 1.42 bits per heavy atom. The first-order chi connectivity index (χ1) is 11.6. The van der Waals surface area contributed by atoms with Crippen LogP contribution in [-0.4, -0.2) is 46.2 Å². The number of rotatable bonds is 4. The van der Waals surface area contributed by atoms with Gasteiger partial charge in [0.2, 0.25) is 0 Å². The van der Waals surface area contributed by atoms with Crippen molar-refractivity contribution in [1.29, 1.82) is 0 Å². The topological polar surface area (TPSA) is 94.6 Å². The molecule has 138 valence electrons. The van der Waals surface area contributed by atoms with E-state index in [0.29, 0.717) is 13.1 Å². The number of aromatic carboxylic acids is 1. The summed E-state index contributed by atoms with van der Waals surface area (Å²) in [5.41, 5.74) is -0.127. The minimum Gasteiger partial charge on any atom is -0.543 e. The smallest absolute Gasteiger partial charge is 0.543 e. The van der Waals surface area contributed by atoms with Gasteiger partial charge in [0.1, 0.15) is 5.60 Å². The van der Waals surface area contributed by atoms with Crippen LogP contribution in [0.25, 0.3) is 0 Å². The summed E-state index contributed by atoms with van der Waals surface area (Å²) in [6.07, 6.45) is 2.86. The first kappa shape index (κ1) is 22.5. The van der Waals surface area contributed by atoms with E-state index in [-0.39, 0.29) is 30.1 Å². The average molecular weight is 355 g/mol. The van der Waals surface area contributed by atoms with Crippen LogP contribution in [0, 0.1) is 0 Å². The van der Waals surface area contributed by atoms with Crippen molar-refractivity contribution in [1.82, 2.24) is 15.2 Å². The van der Waals surface area contributed by atoms with Gasteiger partial charge in [0.05, 0.1) is 17.2 Å². The van der Waals surface area contributed by atoms with E-state index < -0.39 is 17.7 Å². The van der Waals surface area contributed by atoms with Gasteiger partial charge in [0, 0.05) is 19.3 Å². The molecule has 26 heavy (non-hydrogen) atoms. The third kappa shape index (κ3) is 6.99. The summed E-state index contributed by atoms with van der Waals surface area (Å²) < 4.78 is 5.35. The van der Waals surface area contributed by atoms with E-state index in [2.05, 4.69) is 15.2 Å². The van der Waals surface area contributed by atoms with Crippen molar-refractivity contribution in [3.63, 3.8) is 0 Å². The zero-order valence-corrected chi connectivity index (χ0v) is 16.3. The molecule has 0 aromatic carbocycles. The summed E-state index contributed by atoms with van der Waals surface area (Å²) in [7, 11) is 0. The van der Waals surface area contributed by atoms with Crippen molar-refractivity contribution < 1.29 is 38.3 Å². The molecule has 0 unspecified atom stereocenters. The summed E-state index contributed by atoms with van der Waals surface area (Å²) >= 11 is 0. The normalized spacial score (nSPS) is 20.8. The van der Waals surface area contributed by atoms with E-state index in [1.807, 2.05) is 27.7 Å². The predicted octanol–water partition coefficient (Wildman–Crippen LogP) is -1.67. The third-order valence-corrected chi connectivity index (χ3v) is 4.02. The summed E-state index contributed by atoms with van der Waals surface area (Å²) in [5.74, 6) is -1.28. The van der Waals surface area contributed by atoms with Crippen molar-refractivity contribution in [3.8, 4) is 0 Å². The standard InChI is InChI=1S/C18H27N3O4.Li/c1-17(2,3)25-16(24)20-18(4)7-5-9-21(12-18)11-13-6-8-19-14(10-13)15(22)23;/h6,8,10H,5,7,9,11-12H2,1-4H3,(H,20,24)(H,22,23);/q;+1/p-1/t18-;/m1./s1. The number of carboxylic acid groups (broad SMARTS) is 1. The Kier molecular flexibility index (Phi) is 7.69. The first-order valence-electron chi connectivity index (χ1n) is 8.46. The second-order valence-corrected chi connectivity index (χ2v) is 7.84. The van der Waals surface area contributed by atoms with Gasteiger partial charge < -0.3 is 20.0 Å². The first-order valence-corrected chi connectivity index (χ1v) is 8.46. The van der Waals surface area contributed by atoms with Crippen LogP contribution >= 0.6 is 0 Å². The number of pyridine rings is 1. The number of amides is 1. The van der Waals surface area contributed by atoms with Gasteiger partial charge in [-0.1, -0.05) is 0 Å². The molecular weight excluding hydrogens is 329 g/mol. The monoisotopic (exact) mass is 355 g/mol. The third-order valence-electron chi connectivity index (χ3n) is 4.02. The number of carbonyl (C=O) groups excluding carboxylic acids is 2. The SMILES string of the molecule is CC(C)(C)OC(=O)N[C@]1(C)CCCN(Cc2ccnc(C(=O)[O-])c2)C1.[Li+]. The van der Waals surface area contributed by atoms with Crippen LogP contribution in [0.3, 0.4) is 0 Å². The fourth-order valence-electron chi connectivity index (χ4n) is 3.07. The molecule has 0 saturated carbocycles. The molecule has 1 atom stereocenters. The molecule has 0 bridgehead atoms. The number of hydrogen-bond acceptors (Lipinski definition) is 6. The number of hydrogen-bond donors (Lipinski definition) is 1. The van der Waals surface area contributed by atoms with Crippen molar-refractivity contribution in [2.45, 2.75) is 58.2 Å². The summed E-state index contributed by atoms with van der Waals surface area (Å²) in [4.78, 5) is 29.0. The van der Waals surface area contributed by atoms with Crippen LogP contribution in [0.2, 0.25) is 0 Å². The maximum Gasteiger partial charge on any atom is 1.00 e. The maximum atomic E-state index is 12.1.